The minimum atomic E-state index is -0.404. The molecule has 2 unspecified atom stereocenters. The van der Waals surface area contributed by atoms with E-state index in [0.717, 1.165) is 12.8 Å². The third kappa shape index (κ3) is 7.30. The van der Waals surface area contributed by atoms with E-state index in [1.165, 1.54) is 6.42 Å². The fourth-order valence-corrected chi connectivity index (χ4v) is 1.10. The highest BCUT2D eigenvalue weighted by Gasteiger charge is 2.23. The average molecular weight is 218 g/mol. The number of nitrogens with two attached hydrogens (primary N) is 2. The molecule has 15 heavy (non-hydrogen) atoms. The Kier molecular flexibility index (Phi) is 8.27. The first kappa shape index (κ1) is 14.3. The third-order valence-corrected chi connectivity index (χ3v) is 1.74. The molecule has 0 aliphatic carbocycles. The second-order valence-corrected chi connectivity index (χ2v) is 3.47. The fraction of sp³-hybridized carbons (Fsp3) is 0.900. The predicted molar refractivity (Wildman–Crippen MR) is 58.1 cm³/mol. The van der Waals surface area contributed by atoms with Gasteiger partial charge < -0.3 is 20.9 Å². The molecule has 0 aromatic rings. The second-order valence-electron chi connectivity index (χ2n) is 3.47. The molecule has 0 aromatic heterocycles. The van der Waals surface area contributed by atoms with E-state index >= 15 is 0 Å². The van der Waals surface area contributed by atoms with Gasteiger partial charge in [0, 0.05) is 0 Å². The summed E-state index contributed by atoms with van der Waals surface area (Å²) in [5.74, 6) is -0.404. The fourth-order valence-electron chi connectivity index (χ4n) is 1.10. The summed E-state index contributed by atoms with van der Waals surface area (Å²) >= 11 is 0. The SMILES string of the molecule is CCC.NCC(=O)OCC1CCC(N)O1. The quantitative estimate of drug-likeness (QED) is 0.668. The summed E-state index contributed by atoms with van der Waals surface area (Å²) in [6.45, 7) is 4.43. The lowest BCUT2D eigenvalue weighted by Crippen LogP contribution is -2.25. The molecule has 0 aromatic carbocycles. The van der Waals surface area contributed by atoms with Gasteiger partial charge in [-0.15, -0.1) is 0 Å². The minimum Gasteiger partial charge on any atom is -0.462 e. The molecule has 0 saturated carbocycles. The van der Waals surface area contributed by atoms with Gasteiger partial charge in [0.1, 0.15) is 12.8 Å². The van der Waals surface area contributed by atoms with Crippen molar-refractivity contribution in [3.05, 3.63) is 0 Å². The van der Waals surface area contributed by atoms with E-state index < -0.39 is 5.97 Å². The van der Waals surface area contributed by atoms with Crippen molar-refractivity contribution in [1.29, 1.82) is 0 Å². The Morgan fingerprint density at radius 1 is 1.47 bits per heavy atom. The highest BCUT2D eigenvalue weighted by molar-refractivity contribution is 5.71. The van der Waals surface area contributed by atoms with Crippen molar-refractivity contribution in [2.75, 3.05) is 13.2 Å². The molecule has 1 heterocycles. The van der Waals surface area contributed by atoms with E-state index in [-0.39, 0.29) is 25.5 Å². The van der Waals surface area contributed by atoms with Crippen LogP contribution in [0.2, 0.25) is 0 Å². The Hall–Kier alpha value is -0.650. The zero-order chi connectivity index (χ0) is 11.7. The summed E-state index contributed by atoms with van der Waals surface area (Å²) in [7, 11) is 0. The van der Waals surface area contributed by atoms with Crippen molar-refractivity contribution in [2.24, 2.45) is 11.5 Å². The Labute approximate surface area is 91.1 Å². The van der Waals surface area contributed by atoms with Gasteiger partial charge in [0.2, 0.25) is 0 Å². The first-order valence-corrected chi connectivity index (χ1v) is 5.40. The lowest BCUT2D eigenvalue weighted by Gasteiger charge is -2.10. The minimum absolute atomic E-state index is 0.0458. The lowest BCUT2D eigenvalue weighted by molar-refractivity contribution is -0.145. The molecule has 5 nitrogen and oxygen atoms in total. The number of rotatable bonds is 3. The summed E-state index contributed by atoms with van der Waals surface area (Å²) in [4.78, 5) is 10.6. The van der Waals surface area contributed by atoms with E-state index in [0.29, 0.717) is 0 Å². The summed E-state index contributed by atoms with van der Waals surface area (Å²) in [5.41, 5.74) is 10.5. The molecule has 1 aliphatic heterocycles. The van der Waals surface area contributed by atoms with Crippen molar-refractivity contribution in [3.63, 3.8) is 0 Å². The van der Waals surface area contributed by atoms with E-state index in [9.17, 15) is 4.79 Å². The molecule has 0 bridgehead atoms. The van der Waals surface area contributed by atoms with Gasteiger partial charge in [-0.2, -0.15) is 0 Å². The van der Waals surface area contributed by atoms with Crippen LogP contribution in [-0.4, -0.2) is 31.5 Å². The topological polar surface area (TPSA) is 87.6 Å². The van der Waals surface area contributed by atoms with Crippen LogP contribution >= 0.6 is 0 Å². The molecule has 90 valence electrons. The molecular formula is C10H22N2O3. The van der Waals surface area contributed by atoms with Gasteiger partial charge in [-0.25, -0.2) is 0 Å². The normalized spacial score (nSPS) is 24.3. The van der Waals surface area contributed by atoms with Crippen LogP contribution < -0.4 is 11.5 Å². The molecule has 0 spiro atoms. The van der Waals surface area contributed by atoms with Crippen molar-refractivity contribution < 1.29 is 14.3 Å². The summed E-state index contributed by atoms with van der Waals surface area (Å²) < 4.78 is 9.99. The Morgan fingerprint density at radius 3 is 2.47 bits per heavy atom. The highest BCUT2D eigenvalue weighted by atomic mass is 16.6. The maximum atomic E-state index is 10.6. The van der Waals surface area contributed by atoms with Gasteiger partial charge in [-0.1, -0.05) is 20.3 Å². The van der Waals surface area contributed by atoms with Crippen LogP contribution in [0, 0.1) is 0 Å². The van der Waals surface area contributed by atoms with Gasteiger partial charge in [-0.3, -0.25) is 4.79 Å². The molecule has 1 saturated heterocycles. The average Bonchev–Trinajstić information content (AvgIpc) is 2.62. The molecule has 0 amide bonds. The molecule has 1 aliphatic rings. The largest absolute Gasteiger partial charge is 0.462 e. The first-order valence-electron chi connectivity index (χ1n) is 5.40. The highest BCUT2D eigenvalue weighted by Crippen LogP contribution is 2.15. The van der Waals surface area contributed by atoms with Crippen LogP contribution in [0.1, 0.15) is 33.1 Å². The zero-order valence-electron chi connectivity index (χ0n) is 9.57. The number of esters is 1. The molecule has 0 radical (unpaired) electrons. The Balaban J connectivity index is 0.000000583. The predicted octanol–water partition coefficient (Wildman–Crippen LogP) is 0.368. The molecule has 5 heteroatoms. The number of ether oxygens (including phenoxy) is 2. The van der Waals surface area contributed by atoms with Crippen molar-refractivity contribution in [3.8, 4) is 0 Å². The molecule has 4 N–H and O–H groups in total. The van der Waals surface area contributed by atoms with E-state index in [4.69, 9.17) is 20.9 Å². The van der Waals surface area contributed by atoms with Crippen molar-refractivity contribution in [1.82, 2.24) is 0 Å². The van der Waals surface area contributed by atoms with Crippen LogP contribution in [0.4, 0.5) is 0 Å². The van der Waals surface area contributed by atoms with Crippen LogP contribution in [0.3, 0.4) is 0 Å². The van der Waals surface area contributed by atoms with Crippen LogP contribution in [-0.2, 0) is 14.3 Å². The van der Waals surface area contributed by atoms with Crippen LogP contribution in [0.25, 0.3) is 0 Å². The molecular weight excluding hydrogens is 196 g/mol. The second kappa shape index (κ2) is 8.64. The maximum Gasteiger partial charge on any atom is 0.319 e. The monoisotopic (exact) mass is 218 g/mol. The zero-order valence-corrected chi connectivity index (χ0v) is 9.57. The lowest BCUT2D eigenvalue weighted by atomic mass is 10.2. The summed E-state index contributed by atoms with van der Waals surface area (Å²) in [6.07, 6.45) is 2.67. The van der Waals surface area contributed by atoms with Gasteiger partial charge in [-0.05, 0) is 12.8 Å². The van der Waals surface area contributed by atoms with Gasteiger partial charge in [0.25, 0.3) is 0 Å². The number of carbonyl (C=O) groups excluding carboxylic acids is 1. The summed E-state index contributed by atoms with van der Waals surface area (Å²) in [5, 5.41) is 0. The van der Waals surface area contributed by atoms with Crippen molar-refractivity contribution >= 4 is 5.97 Å². The summed E-state index contributed by atoms with van der Waals surface area (Å²) in [6, 6.07) is 0. The molecule has 1 rings (SSSR count). The molecule has 2 atom stereocenters. The standard InChI is InChI=1S/C7H14N2O3.C3H8/c8-3-7(10)11-4-5-1-2-6(9)12-5;1-3-2/h5-6H,1-4,8-9H2;3H2,1-2H3. The maximum absolute atomic E-state index is 10.6. The van der Waals surface area contributed by atoms with E-state index in [1.54, 1.807) is 0 Å². The third-order valence-electron chi connectivity index (χ3n) is 1.74. The van der Waals surface area contributed by atoms with E-state index in [1.807, 2.05) is 0 Å². The van der Waals surface area contributed by atoms with Crippen molar-refractivity contribution in [2.45, 2.75) is 45.4 Å². The Bertz CT molecular complexity index is 176. The Morgan fingerprint density at radius 2 is 2.07 bits per heavy atom. The van der Waals surface area contributed by atoms with Gasteiger partial charge >= 0.3 is 5.97 Å². The van der Waals surface area contributed by atoms with E-state index in [2.05, 4.69) is 13.8 Å². The van der Waals surface area contributed by atoms with Crippen LogP contribution in [0.5, 0.6) is 0 Å². The van der Waals surface area contributed by atoms with Crippen LogP contribution in [0.15, 0.2) is 0 Å². The van der Waals surface area contributed by atoms with Gasteiger partial charge in [0.15, 0.2) is 0 Å². The molecule has 1 fully saturated rings. The number of hydrogen-bond acceptors (Lipinski definition) is 5. The first-order chi connectivity index (χ1) is 7.13. The smallest absolute Gasteiger partial charge is 0.319 e. The number of carbonyl (C=O) groups is 1. The van der Waals surface area contributed by atoms with Gasteiger partial charge in [0.05, 0.1) is 12.6 Å². The number of hydrogen-bond donors (Lipinski definition) is 2.